The number of ether oxygens (including phenoxy) is 1. The molecule has 0 aliphatic rings. The van der Waals surface area contributed by atoms with E-state index in [1.807, 2.05) is 0 Å². The van der Waals surface area contributed by atoms with Gasteiger partial charge in [-0.2, -0.15) is 0 Å². The van der Waals surface area contributed by atoms with E-state index in [4.69, 9.17) is 16.3 Å². The summed E-state index contributed by atoms with van der Waals surface area (Å²) in [5.74, 6) is -0.599. The summed E-state index contributed by atoms with van der Waals surface area (Å²) in [6, 6.07) is 4.83. The van der Waals surface area contributed by atoms with E-state index in [-0.39, 0.29) is 35.7 Å². The van der Waals surface area contributed by atoms with Gasteiger partial charge in [0.05, 0.1) is 13.0 Å². The third-order valence-electron chi connectivity index (χ3n) is 2.24. The molecular formula is C12H15ClN2O3. The highest BCUT2D eigenvalue weighted by Crippen LogP contribution is 2.07. The quantitative estimate of drug-likeness (QED) is 0.604. The maximum Gasteiger partial charge on any atom is 0.307 e. The number of hydrogen-bond acceptors (Lipinski definition) is 4. The molecule has 0 spiro atoms. The van der Waals surface area contributed by atoms with Crippen LogP contribution >= 0.6 is 11.6 Å². The van der Waals surface area contributed by atoms with Crippen molar-refractivity contribution in [2.75, 3.05) is 20.2 Å². The summed E-state index contributed by atoms with van der Waals surface area (Å²) >= 11 is 5.71. The average molecular weight is 271 g/mol. The minimum Gasteiger partial charge on any atom is -0.466 e. The second kappa shape index (κ2) is 6.96. The monoisotopic (exact) mass is 270 g/mol. The van der Waals surface area contributed by atoms with Crippen molar-refractivity contribution < 1.29 is 14.3 Å². The zero-order valence-electron chi connectivity index (χ0n) is 10.4. The van der Waals surface area contributed by atoms with Gasteiger partial charge in [-0.15, -0.1) is 0 Å². The number of hydrogen-bond donors (Lipinski definition) is 0. The molecule has 0 aliphatic carbocycles. The van der Waals surface area contributed by atoms with Gasteiger partial charge in [0.25, 0.3) is 5.91 Å². The van der Waals surface area contributed by atoms with Crippen LogP contribution in [0.25, 0.3) is 0 Å². The number of carbonyl (C=O) groups excluding carboxylic acids is 2. The molecule has 98 valence electrons. The van der Waals surface area contributed by atoms with Crippen LogP contribution in [0, 0.1) is 0 Å². The van der Waals surface area contributed by atoms with E-state index in [1.54, 1.807) is 32.2 Å². The Morgan fingerprint density at radius 2 is 2.17 bits per heavy atom. The number of carbonyl (C=O) groups is 2. The van der Waals surface area contributed by atoms with Crippen LogP contribution in [-0.4, -0.2) is 42.0 Å². The van der Waals surface area contributed by atoms with Gasteiger partial charge in [0.1, 0.15) is 10.8 Å². The van der Waals surface area contributed by atoms with Gasteiger partial charge in [0.15, 0.2) is 0 Å². The number of nitrogens with zero attached hydrogens (tertiary/aromatic N) is 2. The lowest BCUT2D eigenvalue weighted by Crippen LogP contribution is -2.30. The Kier molecular flexibility index (Phi) is 5.58. The number of pyridine rings is 1. The van der Waals surface area contributed by atoms with Gasteiger partial charge in [0, 0.05) is 13.6 Å². The highest BCUT2D eigenvalue weighted by atomic mass is 35.5. The van der Waals surface area contributed by atoms with Crippen LogP contribution in [0.4, 0.5) is 0 Å². The van der Waals surface area contributed by atoms with Gasteiger partial charge < -0.3 is 9.64 Å². The number of rotatable bonds is 5. The fourth-order valence-corrected chi connectivity index (χ4v) is 1.48. The first-order chi connectivity index (χ1) is 8.54. The van der Waals surface area contributed by atoms with E-state index in [1.165, 1.54) is 4.90 Å². The first-order valence-electron chi connectivity index (χ1n) is 5.58. The molecule has 0 atom stereocenters. The van der Waals surface area contributed by atoms with Crippen molar-refractivity contribution in [3.05, 3.63) is 29.0 Å². The maximum absolute atomic E-state index is 11.9. The molecular weight excluding hydrogens is 256 g/mol. The van der Waals surface area contributed by atoms with Crippen molar-refractivity contribution >= 4 is 23.5 Å². The normalized spacial score (nSPS) is 9.94. The van der Waals surface area contributed by atoms with Crippen molar-refractivity contribution in [3.8, 4) is 0 Å². The summed E-state index contributed by atoms with van der Waals surface area (Å²) in [5, 5.41) is 0.264. The van der Waals surface area contributed by atoms with Crippen molar-refractivity contribution in [2.24, 2.45) is 0 Å². The molecule has 0 unspecified atom stereocenters. The van der Waals surface area contributed by atoms with Crippen LogP contribution < -0.4 is 0 Å². The van der Waals surface area contributed by atoms with Gasteiger partial charge in [-0.3, -0.25) is 9.59 Å². The van der Waals surface area contributed by atoms with E-state index >= 15 is 0 Å². The van der Waals surface area contributed by atoms with E-state index < -0.39 is 0 Å². The molecule has 1 aromatic rings. The molecule has 0 bridgehead atoms. The molecule has 6 heteroatoms. The van der Waals surface area contributed by atoms with Crippen LogP contribution in [-0.2, 0) is 9.53 Å². The Labute approximate surface area is 111 Å². The Morgan fingerprint density at radius 1 is 1.44 bits per heavy atom. The average Bonchev–Trinajstić information content (AvgIpc) is 2.35. The summed E-state index contributed by atoms with van der Waals surface area (Å²) < 4.78 is 4.78. The Morgan fingerprint density at radius 3 is 2.78 bits per heavy atom. The Bertz CT molecular complexity index is 437. The van der Waals surface area contributed by atoms with Crippen molar-refractivity contribution in [1.29, 1.82) is 0 Å². The van der Waals surface area contributed by atoms with Crippen LogP contribution in [0.1, 0.15) is 23.8 Å². The third-order valence-corrected chi connectivity index (χ3v) is 2.45. The van der Waals surface area contributed by atoms with Crippen molar-refractivity contribution in [2.45, 2.75) is 13.3 Å². The number of esters is 1. The third kappa shape index (κ3) is 4.33. The highest BCUT2D eigenvalue weighted by molar-refractivity contribution is 6.29. The van der Waals surface area contributed by atoms with Crippen LogP contribution in [0.3, 0.4) is 0 Å². The molecule has 1 aromatic heterocycles. The zero-order chi connectivity index (χ0) is 13.5. The number of aromatic nitrogens is 1. The first-order valence-corrected chi connectivity index (χ1v) is 5.96. The van der Waals surface area contributed by atoms with Gasteiger partial charge in [-0.05, 0) is 19.1 Å². The first kappa shape index (κ1) is 14.4. The van der Waals surface area contributed by atoms with Crippen molar-refractivity contribution in [1.82, 2.24) is 9.88 Å². The smallest absolute Gasteiger partial charge is 0.307 e. The standard InChI is InChI=1S/C12H15ClN2O3/c1-3-18-11(16)7-8-15(2)12(17)9-5-4-6-10(13)14-9/h4-6H,3,7-8H2,1-2H3. The summed E-state index contributed by atoms with van der Waals surface area (Å²) in [6.45, 7) is 2.36. The second-order valence-electron chi connectivity index (χ2n) is 3.63. The lowest BCUT2D eigenvalue weighted by Gasteiger charge is -2.16. The van der Waals surface area contributed by atoms with Gasteiger partial charge in [0.2, 0.25) is 0 Å². The largest absolute Gasteiger partial charge is 0.466 e. The zero-order valence-corrected chi connectivity index (χ0v) is 11.1. The molecule has 0 aromatic carbocycles. The fourth-order valence-electron chi connectivity index (χ4n) is 1.32. The molecule has 0 saturated carbocycles. The fraction of sp³-hybridized carbons (Fsp3) is 0.417. The van der Waals surface area contributed by atoms with E-state index in [9.17, 15) is 9.59 Å². The number of amides is 1. The SMILES string of the molecule is CCOC(=O)CCN(C)C(=O)c1cccc(Cl)n1. The number of halogens is 1. The molecule has 5 nitrogen and oxygen atoms in total. The van der Waals surface area contributed by atoms with Crippen LogP contribution in [0.15, 0.2) is 18.2 Å². The lowest BCUT2D eigenvalue weighted by atomic mass is 10.3. The highest BCUT2D eigenvalue weighted by Gasteiger charge is 2.14. The summed E-state index contributed by atoms with van der Waals surface area (Å²) in [6.07, 6.45) is 0.163. The molecule has 0 radical (unpaired) electrons. The summed E-state index contributed by atoms with van der Waals surface area (Å²) in [5.41, 5.74) is 0.258. The predicted molar refractivity (Wildman–Crippen MR) is 67.5 cm³/mol. The minimum absolute atomic E-state index is 0.163. The lowest BCUT2D eigenvalue weighted by molar-refractivity contribution is -0.143. The van der Waals surface area contributed by atoms with E-state index in [0.29, 0.717) is 6.61 Å². The molecule has 0 fully saturated rings. The Hall–Kier alpha value is -1.62. The topological polar surface area (TPSA) is 59.5 Å². The van der Waals surface area contributed by atoms with Gasteiger partial charge in [-0.25, -0.2) is 4.98 Å². The molecule has 1 amide bonds. The molecule has 1 heterocycles. The van der Waals surface area contributed by atoms with Crippen LogP contribution in [0.5, 0.6) is 0 Å². The maximum atomic E-state index is 11.9. The Balaban J connectivity index is 2.54. The predicted octanol–water partition coefficient (Wildman–Crippen LogP) is 1.76. The second-order valence-corrected chi connectivity index (χ2v) is 4.01. The molecule has 0 N–H and O–H groups in total. The minimum atomic E-state index is -0.323. The van der Waals surface area contributed by atoms with Crippen LogP contribution in [0.2, 0.25) is 5.15 Å². The molecule has 0 aliphatic heterocycles. The van der Waals surface area contributed by atoms with Gasteiger partial charge >= 0.3 is 5.97 Å². The molecule has 18 heavy (non-hydrogen) atoms. The molecule has 1 rings (SSSR count). The summed E-state index contributed by atoms with van der Waals surface area (Å²) in [4.78, 5) is 28.4. The molecule has 0 saturated heterocycles. The van der Waals surface area contributed by atoms with E-state index in [0.717, 1.165) is 0 Å². The van der Waals surface area contributed by atoms with Crippen molar-refractivity contribution in [3.63, 3.8) is 0 Å². The summed E-state index contributed by atoms with van der Waals surface area (Å²) in [7, 11) is 1.60. The van der Waals surface area contributed by atoms with E-state index in [2.05, 4.69) is 4.98 Å². The van der Waals surface area contributed by atoms with Gasteiger partial charge in [-0.1, -0.05) is 17.7 Å².